The minimum atomic E-state index is -1.38. The minimum Gasteiger partial charge on any atom is -0.310 e. The fourth-order valence-corrected chi connectivity index (χ4v) is 11.7. The number of hydrogen-bond acceptors (Lipinski definition) is 4. The van der Waals surface area contributed by atoms with Crippen LogP contribution in [0.2, 0.25) is 39.3 Å². The number of fused-ring (bicyclic) bond motifs is 2. The maximum Gasteiger partial charge on any atom is 0.0991 e. The van der Waals surface area contributed by atoms with Crippen LogP contribution in [0.3, 0.4) is 0 Å². The van der Waals surface area contributed by atoms with Gasteiger partial charge in [-0.05, 0) is 164 Å². The van der Waals surface area contributed by atoms with Gasteiger partial charge in [-0.3, -0.25) is 0 Å². The van der Waals surface area contributed by atoms with Crippen molar-refractivity contribution in [3.63, 3.8) is 0 Å². The lowest BCUT2D eigenvalue weighted by atomic mass is 10.0. The fourth-order valence-electron chi connectivity index (χ4n) is 9.38. The van der Waals surface area contributed by atoms with Crippen molar-refractivity contribution in [3.8, 4) is 34.4 Å². The molecule has 6 heteroatoms. The van der Waals surface area contributed by atoms with Gasteiger partial charge in [0.2, 0.25) is 0 Å². The van der Waals surface area contributed by atoms with Gasteiger partial charge in [0.25, 0.3) is 0 Å². The average Bonchev–Trinajstić information content (AvgIpc) is 3.40. The molecule has 0 bridgehead atoms. The highest BCUT2D eigenvalue weighted by Crippen LogP contribution is 2.39. The molecule has 10 aromatic carbocycles. The maximum atomic E-state index is 9.57. The molecule has 0 atom stereocenters. The van der Waals surface area contributed by atoms with E-state index in [2.05, 4.69) is 243 Å². The third-order valence-electron chi connectivity index (χ3n) is 13.6. The zero-order valence-electron chi connectivity index (χ0n) is 41.7. The summed E-state index contributed by atoms with van der Waals surface area (Å²) in [6.45, 7) is 14.3. The highest BCUT2D eigenvalue weighted by molar-refractivity contribution is 6.89. The summed E-state index contributed by atoms with van der Waals surface area (Å²) >= 11 is 0. The normalized spacial score (nSPS) is 11.7. The second kappa shape index (κ2) is 19.7. The van der Waals surface area contributed by atoms with Crippen LogP contribution in [0.15, 0.2) is 218 Å². The lowest BCUT2D eigenvalue weighted by Crippen LogP contribution is -2.37. The highest BCUT2D eigenvalue weighted by Gasteiger charge is 2.19. The Morgan fingerprint density at radius 3 is 0.875 bits per heavy atom. The van der Waals surface area contributed by atoms with Crippen LogP contribution in [0.1, 0.15) is 22.3 Å². The van der Waals surface area contributed by atoms with E-state index in [9.17, 15) is 10.5 Å². The summed E-state index contributed by atoms with van der Waals surface area (Å²) in [5.41, 5.74) is 14.4. The van der Waals surface area contributed by atoms with Gasteiger partial charge in [-0.1, -0.05) is 171 Å². The van der Waals surface area contributed by atoms with Crippen molar-refractivity contribution >= 4 is 94.3 Å². The zero-order chi connectivity index (χ0) is 50.0. The van der Waals surface area contributed by atoms with Crippen LogP contribution >= 0.6 is 0 Å². The van der Waals surface area contributed by atoms with Crippen LogP contribution in [-0.4, -0.2) is 16.1 Å². The number of hydrogen-bond donors (Lipinski definition) is 0. The molecule has 348 valence electrons. The predicted octanol–water partition coefficient (Wildman–Crippen LogP) is 17.3. The van der Waals surface area contributed by atoms with Gasteiger partial charge in [0.1, 0.15) is 0 Å². The Kier molecular flexibility index (Phi) is 12.9. The standard InChI is InChI=1S/C66H56N4Si2/c1-71(2,3)65-37-23-53(24-38-65)51-17-31-61(32-18-51)69(59-27-11-49(45-67)12-28-59)63-35-21-55-41-47(9-15-57(55)43-63)7-8-48-10-16-58-44-64(36-22-56(58)42-48)70(60-29-13-50(46-68)14-30-60)62-33-19-52(20-34-62)54-25-39-66(40-26-54)72(4,5)6/h7-44H,1-6H3/b8-7+. The molecule has 0 aliphatic heterocycles. The molecule has 0 unspecified atom stereocenters. The highest BCUT2D eigenvalue weighted by atomic mass is 28.3. The molecule has 0 spiro atoms. The van der Waals surface area contributed by atoms with Crippen molar-refractivity contribution in [1.82, 2.24) is 0 Å². The van der Waals surface area contributed by atoms with Crippen LogP contribution in [0, 0.1) is 22.7 Å². The molecule has 0 aliphatic rings. The Morgan fingerprint density at radius 2 is 0.569 bits per heavy atom. The molecule has 0 amide bonds. The molecule has 72 heavy (non-hydrogen) atoms. The molecule has 0 aliphatic carbocycles. The summed E-state index contributed by atoms with van der Waals surface area (Å²) in [7, 11) is -2.76. The second-order valence-corrected chi connectivity index (χ2v) is 30.8. The SMILES string of the molecule is C[Si](C)(C)c1ccc(-c2ccc(N(c3ccc(C#N)cc3)c3ccc4cc(/C=C/c5ccc6cc(N(c7ccc(C#N)cc7)c7ccc(-c8ccc([Si](C)(C)C)cc8)cc7)ccc6c5)ccc4c3)cc2)cc1. The van der Waals surface area contributed by atoms with E-state index in [-0.39, 0.29) is 0 Å². The van der Waals surface area contributed by atoms with Crippen LogP contribution < -0.4 is 20.2 Å². The van der Waals surface area contributed by atoms with Crippen molar-refractivity contribution < 1.29 is 0 Å². The lowest BCUT2D eigenvalue weighted by Gasteiger charge is -2.26. The number of anilines is 6. The Labute approximate surface area is 426 Å². The van der Waals surface area contributed by atoms with Crippen molar-refractivity contribution in [2.75, 3.05) is 9.80 Å². The Hall–Kier alpha value is -8.53. The third-order valence-corrected chi connectivity index (χ3v) is 17.7. The molecule has 0 saturated carbocycles. The molecule has 10 aromatic rings. The van der Waals surface area contributed by atoms with Crippen LogP contribution in [0.4, 0.5) is 34.1 Å². The molecule has 10 rings (SSSR count). The van der Waals surface area contributed by atoms with Crippen LogP contribution in [0.25, 0.3) is 56.0 Å². The second-order valence-electron chi connectivity index (χ2n) is 20.7. The molecule has 0 aromatic heterocycles. The molecule has 0 radical (unpaired) electrons. The summed E-state index contributed by atoms with van der Waals surface area (Å²) in [6, 6.07) is 82.3. The molecular formula is C66H56N4Si2. The Balaban J connectivity index is 0.893. The lowest BCUT2D eigenvalue weighted by molar-refractivity contribution is 1.29. The fraction of sp³-hybridized carbons (Fsp3) is 0.0909. The number of nitrogens with zero attached hydrogens (tertiary/aromatic N) is 4. The summed E-state index contributed by atoms with van der Waals surface area (Å²) in [5.74, 6) is 0. The first kappa shape index (κ1) is 47.2. The van der Waals surface area contributed by atoms with Crippen molar-refractivity contribution in [1.29, 1.82) is 10.5 Å². The van der Waals surface area contributed by atoms with E-state index in [1.54, 1.807) is 0 Å². The first-order chi connectivity index (χ1) is 34.8. The van der Waals surface area contributed by atoms with Gasteiger partial charge in [-0.2, -0.15) is 10.5 Å². The van der Waals surface area contributed by atoms with Crippen LogP contribution in [0.5, 0.6) is 0 Å². The van der Waals surface area contributed by atoms with Crippen molar-refractivity contribution in [2.24, 2.45) is 0 Å². The first-order valence-electron chi connectivity index (χ1n) is 24.6. The van der Waals surface area contributed by atoms with Crippen LogP contribution in [-0.2, 0) is 0 Å². The van der Waals surface area contributed by atoms with Gasteiger partial charge < -0.3 is 9.80 Å². The van der Waals surface area contributed by atoms with Gasteiger partial charge >= 0.3 is 0 Å². The van der Waals surface area contributed by atoms with Gasteiger partial charge in [0.15, 0.2) is 0 Å². The summed E-state index contributed by atoms with van der Waals surface area (Å²) in [5, 5.41) is 26.6. The molecule has 4 nitrogen and oxygen atoms in total. The van der Waals surface area contributed by atoms with Gasteiger partial charge in [0.05, 0.1) is 39.4 Å². The average molecular weight is 961 g/mol. The summed E-state index contributed by atoms with van der Waals surface area (Å²) in [6.07, 6.45) is 4.37. The molecule has 0 N–H and O–H groups in total. The Bertz CT molecular complexity index is 3440. The quantitative estimate of drug-likeness (QED) is 0.0904. The number of rotatable bonds is 12. The zero-order valence-corrected chi connectivity index (χ0v) is 43.7. The van der Waals surface area contributed by atoms with Crippen molar-refractivity contribution in [3.05, 3.63) is 241 Å². The molecule has 0 fully saturated rings. The molecule has 0 saturated heterocycles. The molecule has 0 heterocycles. The smallest absolute Gasteiger partial charge is 0.0991 e. The van der Waals surface area contributed by atoms with E-state index in [0.29, 0.717) is 11.1 Å². The van der Waals surface area contributed by atoms with E-state index in [1.807, 2.05) is 48.5 Å². The predicted molar refractivity (Wildman–Crippen MR) is 312 cm³/mol. The monoisotopic (exact) mass is 960 g/mol. The topological polar surface area (TPSA) is 54.1 Å². The number of benzene rings is 10. The Morgan fingerprint density at radius 1 is 0.306 bits per heavy atom. The third kappa shape index (κ3) is 10.2. The van der Waals surface area contributed by atoms with E-state index in [0.717, 1.165) is 66.8 Å². The van der Waals surface area contributed by atoms with E-state index in [4.69, 9.17) is 0 Å². The number of nitriles is 2. The summed E-state index contributed by atoms with van der Waals surface area (Å²) < 4.78 is 0. The van der Waals surface area contributed by atoms with E-state index >= 15 is 0 Å². The molecular weight excluding hydrogens is 905 g/mol. The van der Waals surface area contributed by atoms with E-state index in [1.165, 1.54) is 32.6 Å². The first-order valence-corrected chi connectivity index (χ1v) is 31.6. The minimum absolute atomic E-state index is 0.632. The maximum absolute atomic E-state index is 9.57. The van der Waals surface area contributed by atoms with Gasteiger partial charge in [0, 0.05) is 34.1 Å². The van der Waals surface area contributed by atoms with Gasteiger partial charge in [-0.25, -0.2) is 0 Å². The summed E-state index contributed by atoms with van der Waals surface area (Å²) in [4.78, 5) is 4.51. The van der Waals surface area contributed by atoms with Crippen molar-refractivity contribution in [2.45, 2.75) is 39.3 Å². The van der Waals surface area contributed by atoms with E-state index < -0.39 is 16.1 Å². The van der Waals surface area contributed by atoms with Gasteiger partial charge in [-0.15, -0.1) is 0 Å². The largest absolute Gasteiger partial charge is 0.310 e.